The molecule has 1 aliphatic heterocycles. The summed E-state index contributed by atoms with van der Waals surface area (Å²) in [5.41, 5.74) is 0.119. The summed E-state index contributed by atoms with van der Waals surface area (Å²) < 4.78 is 30.2. The number of aryl methyl sites for hydroxylation is 1. The topological polar surface area (TPSA) is 84.6 Å². The summed E-state index contributed by atoms with van der Waals surface area (Å²) in [6.07, 6.45) is 1.55. The molecule has 152 valence electrons. The van der Waals surface area contributed by atoms with Gasteiger partial charge in [0.15, 0.2) is 5.75 Å². The highest BCUT2D eigenvalue weighted by Crippen LogP contribution is 2.35. The molecule has 0 saturated carbocycles. The Balaban J connectivity index is 1.55. The predicted octanol–water partition coefficient (Wildman–Crippen LogP) is 3.84. The van der Waals surface area contributed by atoms with E-state index in [-0.39, 0.29) is 11.4 Å². The average Bonchev–Trinajstić information content (AvgIpc) is 3.08. The molecule has 0 bridgehead atoms. The van der Waals surface area contributed by atoms with E-state index in [1.807, 2.05) is 11.8 Å². The molecule has 0 aliphatic carbocycles. The molecule has 0 unspecified atom stereocenters. The Kier molecular flexibility index (Phi) is 5.14. The minimum absolute atomic E-state index is 0.194. The Morgan fingerprint density at radius 3 is 2.59 bits per heavy atom. The smallest absolute Gasteiger partial charge is 0.387 e. The fourth-order valence-corrected chi connectivity index (χ4v) is 4.28. The summed E-state index contributed by atoms with van der Waals surface area (Å²) in [5.74, 6) is 0.660. The molecule has 1 fully saturated rings. The van der Waals surface area contributed by atoms with Crippen molar-refractivity contribution >= 4 is 38.7 Å². The molecule has 0 atom stereocenters. The minimum atomic E-state index is -3.06. The van der Waals surface area contributed by atoms with E-state index in [2.05, 4.69) is 25.7 Å². The highest BCUT2D eigenvalue weighted by molar-refractivity contribution is 7.18. The number of halogens is 2. The quantitative estimate of drug-likeness (QED) is 0.457. The number of alkyl halides is 2. The van der Waals surface area contributed by atoms with Gasteiger partial charge in [0.25, 0.3) is 5.69 Å². The molecule has 3 aromatic rings. The van der Waals surface area contributed by atoms with Gasteiger partial charge in [0.2, 0.25) is 0 Å². The van der Waals surface area contributed by atoms with Crippen LogP contribution in [0.2, 0.25) is 0 Å². The number of thiophene rings is 1. The fourth-order valence-electron chi connectivity index (χ4n) is 3.44. The number of piperazine rings is 1. The third-order valence-corrected chi connectivity index (χ3v) is 5.68. The first kappa shape index (κ1) is 19.2. The van der Waals surface area contributed by atoms with E-state index in [0.29, 0.717) is 31.9 Å². The number of benzene rings is 1. The first-order chi connectivity index (χ1) is 13.9. The van der Waals surface area contributed by atoms with Gasteiger partial charge >= 0.3 is 6.61 Å². The zero-order chi connectivity index (χ0) is 20.5. The van der Waals surface area contributed by atoms with Crippen LogP contribution in [0.25, 0.3) is 10.2 Å². The van der Waals surface area contributed by atoms with Crippen molar-refractivity contribution in [3.63, 3.8) is 0 Å². The van der Waals surface area contributed by atoms with E-state index in [4.69, 9.17) is 0 Å². The number of aromatic nitrogens is 2. The van der Waals surface area contributed by atoms with Gasteiger partial charge in [-0.15, -0.1) is 11.3 Å². The lowest BCUT2D eigenvalue weighted by molar-refractivity contribution is -0.385. The summed E-state index contributed by atoms with van der Waals surface area (Å²) in [6, 6.07) is 5.85. The Bertz CT molecular complexity index is 1050. The predicted molar refractivity (Wildman–Crippen MR) is 106 cm³/mol. The molecule has 0 amide bonds. The lowest BCUT2D eigenvalue weighted by Gasteiger charge is -2.37. The largest absolute Gasteiger partial charge is 0.432 e. The van der Waals surface area contributed by atoms with Gasteiger partial charge in [0.1, 0.15) is 17.0 Å². The van der Waals surface area contributed by atoms with Crippen LogP contribution in [-0.4, -0.2) is 47.7 Å². The number of non-ortho nitro benzene ring substituents is 1. The molecular formula is C18H17F2N5O3S. The second-order valence-corrected chi connectivity index (χ2v) is 7.77. The lowest BCUT2D eigenvalue weighted by atomic mass is 10.2. The lowest BCUT2D eigenvalue weighted by Crippen LogP contribution is -2.47. The van der Waals surface area contributed by atoms with Gasteiger partial charge in [-0.25, -0.2) is 9.97 Å². The Hall–Kier alpha value is -3.08. The van der Waals surface area contributed by atoms with E-state index in [0.717, 1.165) is 27.0 Å². The number of nitro groups is 1. The van der Waals surface area contributed by atoms with Crippen LogP contribution in [0.4, 0.5) is 26.0 Å². The van der Waals surface area contributed by atoms with Gasteiger partial charge in [-0.05, 0) is 19.1 Å². The van der Waals surface area contributed by atoms with E-state index < -0.39 is 11.5 Å². The van der Waals surface area contributed by atoms with Crippen molar-refractivity contribution in [2.75, 3.05) is 36.0 Å². The van der Waals surface area contributed by atoms with Crippen LogP contribution in [0.3, 0.4) is 0 Å². The van der Waals surface area contributed by atoms with E-state index >= 15 is 0 Å². The number of hydrogen-bond donors (Lipinski definition) is 0. The number of nitrogens with zero attached hydrogens (tertiary/aromatic N) is 5. The van der Waals surface area contributed by atoms with E-state index in [1.165, 1.54) is 12.1 Å². The Morgan fingerprint density at radius 1 is 1.17 bits per heavy atom. The molecule has 1 aliphatic rings. The molecule has 0 spiro atoms. The molecule has 0 radical (unpaired) electrons. The SMILES string of the molecule is Cc1cc2c(N3CCN(c4ccc([N+](=O)[O-])cc4OC(F)F)CC3)ncnc2s1. The molecule has 11 heteroatoms. The molecule has 1 saturated heterocycles. The summed E-state index contributed by atoms with van der Waals surface area (Å²) in [5, 5.41) is 12.0. The van der Waals surface area contributed by atoms with Crippen LogP contribution in [0.1, 0.15) is 4.88 Å². The summed E-state index contributed by atoms with van der Waals surface area (Å²) >= 11 is 1.61. The molecule has 3 heterocycles. The molecule has 0 N–H and O–H groups in total. The zero-order valence-electron chi connectivity index (χ0n) is 15.4. The van der Waals surface area contributed by atoms with Crippen molar-refractivity contribution in [2.24, 2.45) is 0 Å². The highest BCUT2D eigenvalue weighted by atomic mass is 32.1. The van der Waals surface area contributed by atoms with Crippen molar-refractivity contribution in [2.45, 2.75) is 13.5 Å². The van der Waals surface area contributed by atoms with Crippen LogP contribution in [0.15, 0.2) is 30.6 Å². The highest BCUT2D eigenvalue weighted by Gasteiger charge is 2.25. The van der Waals surface area contributed by atoms with Gasteiger partial charge in [0.05, 0.1) is 22.1 Å². The van der Waals surface area contributed by atoms with Gasteiger partial charge < -0.3 is 14.5 Å². The number of rotatable bonds is 5. The third-order valence-electron chi connectivity index (χ3n) is 4.72. The third kappa shape index (κ3) is 3.90. The number of fused-ring (bicyclic) bond motifs is 1. The van der Waals surface area contributed by atoms with Crippen LogP contribution >= 0.6 is 11.3 Å². The van der Waals surface area contributed by atoms with Gasteiger partial charge in [0, 0.05) is 37.1 Å². The number of nitro benzene ring substituents is 1. The molecular weight excluding hydrogens is 404 g/mol. The Morgan fingerprint density at radius 2 is 1.90 bits per heavy atom. The van der Waals surface area contributed by atoms with Crippen molar-refractivity contribution in [1.29, 1.82) is 0 Å². The normalized spacial score (nSPS) is 14.6. The molecule has 4 rings (SSSR count). The first-order valence-electron chi connectivity index (χ1n) is 8.86. The maximum absolute atomic E-state index is 12.8. The maximum Gasteiger partial charge on any atom is 0.387 e. The van der Waals surface area contributed by atoms with Crippen LogP contribution < -0.4 is 14.5 Å². The second-order valence-electron chi connectivity index (χ2n) is 6.53. The summed E-state index contributed by atoms with van der Waals surface area (Å²) in [6.45, 7) is 1.26. The van der Waals surface area contributed by atoms with Crippen LogP contribution in [-0.2, 0) is 0 Å². The zero-order valence-corrected chi connectivity index (χ0v) is 16.2. The number of ether oxygens (including phenoxy) is 1. The van der Waals surface area contributed by atoms with Gasteiger partial charge in [-0.1, -0.05) is 0 Å². The maximum atomic E-state index is 12.8. The van der Waals surface area contributed by atoms with Gasteiger partial charge in [-0.3, -0.25) is 10.1 Å². The van der Waals surface area contributed by atoms with Crippen molar-refractivity contribution in [3.05, 3.63) is 45.6 Å². The second kappa shape index (κ2) is 7.74. The number of hydrogen-bond acceptors (Lipinski definition) is 8. The van der Waals surface area contributed by atoms with E-state index in [9.17, 15) is 18.9 Å². The van der Waals surface area contributed by atoms with Crippen molar-refractivity contribution < 1.29 is 18.4 Å². The number of anilines is 2. The molecule has 2 aromatic heterocycles. The van der Waals surface area contributed by atoms with E-state index in [1.54, 1.807) is 17.7 Å². The van der Waals surface area contributed by atoms with Crippen LogP contribution in [0, 0.1) is 17.0 Å². The van der Waals surface area contributed by atoms with Gasteiger partial charge in [-0.2, -0.15) is 8.78 Å². The average molecular weight is 421 g/mol. The first-order valence-corrected chi connectivity index (χ1v) is 9.68. The molecule has 29 heavy (non-hydrogen) atoms. The Labute approximate surface area is 168 Å². The fraction of sp³-hybridized carbons (Fsp3) is 0.333. The van der Waals surface area contributed by atoms with Crippen molar-refractivity contribution in [3.8, 4) is 5.75 Å². The summed E-state index contributed by atoms with van der Waals surface area (Å²) in [4.78, 5) is 25.2. The van der Waals surface area contributed by atoms with Crippen LogP contribution in [0.5, 0.6) is 5.75 Å². The molecule has 1 aromatic carbocycles. The monoisotopic (exact) mass is 421 g/mol. The minimum Gasteiger partial charge on any atom is -0.432 e. The molecule has 8 nitrogen and oxygen atoms in total. The van der Waals surface area contributed by atoms with Crippen molar-refractivity contribution in [1.82, 2.24) is 9.97 Å². The standard InChI is InChI=1S/C18H17F2N5O3S/c1-11-8-13-16(21-10-22-17(13)29-11)24-6-4-23(5-7-24)14-3-2-12(25(26)27)9-15(14)28-18(19)20/h2-3,8-10,18H,4-7H2,1H3. The summed E-state index contributed by atoms with van der Waals surface area (Å²) in [7, 11) is 0.